The van der Waals surface area contributed by atoms with Crippen molar-refractivity contribution in [3.8, 4) is 11.5 Å². The maximum Gasteiger partial charge on any atom is 0.255 e. The molecule has 0 saturated carbocycles. The van der Waals surface area contributed by atoms with Gasteiger partial charge >= 0.3 is 0 Å². The lowest BCUT2D eigenvalue weighted by Gasteiger charge is -2.37. The molecule has 0 bridgehead atoms. The fourth-order valence-electron chi connectivity index (χ4n) is 7.49. The molecular formula is C42H64F2N4O5. The molecule has 4 rings (SSSR count). The van der Waals surface area contributed by atoms with Gasteiger partial charge in [0.05, 0.1) is 23.3 Å². The number of para-hydroxylation sites is 2. The van der Waals surface area contributed by atoms with Crippen LogP contribution in [-0.2, 0) is 4.74 Å². The summed E-state index contributed by atoms with van der Waals surface area (Å²) in [7, 11) is 0. The number of rotatable bonds is 24. The number of hydrogen-bond donors (Lipinski definition) is 4. The molecule has 2 aliphatic heterocycles. The van der Waals surface area contributed by atoms with E-state index < -0.39 is 34.9 Å². The zero-order chi connectivity index (χ0) is 37.7. The number of nitrogens with one attached hydrogen (secondary N) is 2. The van der Waals surface area contributed by atoms with Crippen molar-refractivity contribution < 1.29 is 33.3 Å². The minimum Gasteiger partial charge on any atom is -0.504 e. The van der Waals surface area contributed by atoms with Gasteiger partial charge < -0.3 is 35.4 Å². The van der Waals surface area contributed by atoms with Gasteiger partial charge in [-0.05, 0) is 88.7 Å². The zero-order valence-electron chi connectivity index (χ0n) is 31.8. The summed E-state index contributed by atoms with van der Waals surface area (Å²) in [5, 5.41) is 24.9. The van der Waals surface area contributed by atoms with E-state index in [4.69, 9.17) is 4.74 Å². The summed E-state index contributed by atoms with van der Waals surface area (Å²) in [6.45, 7) is 7.97. The van der Waals surface area contributed by atoms with Crippen LogP contribution in [-0.4, -0.2) is 96.4 Å². The van der Waals surface area contributed by atoms with Gasteiger partial charge in [0.25, 0.3) is 11.8 Å². The third-order valence-corrected chi connectivity index (χ3v) is 10.8. The number of carbonyl (C=O) groups is 2. The normalized spacial score (nSPS) is 16.2. The van der Waals surface area contributed by atoms with E-state index in [9.17, 15) is 28.6 Å². The highest BCUT2D eigenvalue weighted by atomic mass is 19.1. The Bertz CT molecular complexity index is 1260. The smallest absolute Gasteiger partial charge is 0.255 e. The van der Waals surface area contributed by atoms with E-state index >= 15 is 0 Å². The van der Waals surface area contributed by atoms with Crippen molar-refractivity contribution in [2.45, 2.75) is 128 Å². The number of nitrogens with zero attached hydrogens (tertiary/aromatic N) is 2. The number of phenols is 2. The second kappa shape index (κ2) is 24.2. The van der Waals surface area contributed by atoms with Crippen molar-refractivity contribution in [1.82, 2.24) is 20.4 Å². The van der Waals surface area contributed by atoms with E-state index in [2.05, 4.69) is 20.4 Å². The van der Waals surface area contributed by atoms with Crippen molar-refractivity contribution in [1.29, 1.82) is 0 Å². The molecule has 0 radical (unpaired) electrons. The molecule has 2 aromatic rings. The quantitative estimate of drug-likeness (QED) is 0.0808. The van der Waals surface area contributed by atoms with Gasteiger partial charge in [0.2, 0.25) is 0 Å². The van der Waals surface area contributed by atoms with Crippen LogP contribution in [0.4, 0.5) is 8.78 Å². The summed E-state index contributed by atoms with van der Waals surface area (Å²) in [6.07, 6.45) is 21.4. The molecule has 2 heterocycles. The molecule has 296 valence electrons. The van der Waals surface area contributed by atoms with Crippen LogP contribution in [0.25, 0.3) is 0 Å². The minimum atomic E-state index is -0.780. The van der Waals surface area contributed by atoms with Crippen LogP contribution in [0.15, 0.2) is 36.4 Å². The van der Waals surface area contributed by atoms with E-state index in [1.54, 1.807) is 0 Å². The molecule has 2 aromatic carbocycles. The summed E-state index contributed by atoms with van der Waals surface area (Å²) in [5.41, 5.74) is -0.0352. The number of phenolic OH excluding ortho intramolecular Hbond substituents is 2. The van der Waals surface area contributed by atoms with Gasteiger partial charge in [0, 0.05) is 39.3 Å². The summed E-state index contributed by atoms with van der Waals surface area (Å²) in [4.78, 5) is 29.5. The average molecular weight is 743 g/mol. The summed E-state index contributed by atoms with van der Waals surface area (Å²) < 4.78 is 33.4. The molecule has 9 nitrogen and oxygen atoms in total. The second-order valence-corrected chi connectivity index (χ2v) is 15.0. The highest BCUT2D eigenvalue weighted by Gasteiger charge is 2.25. The Morgan fingerprint density at radius 2 is 0.906 bits per heavy atom. The first kappa shape index (κ1) is 42.5. The summed E-state index contributed by atoms with van der Waals surface area (Å²) in [6, 6.07) is 7.97. The molecule has 0 aliphatic carbocycles. The van der Waals surface area contributed by atoms with E-state index in [0.29, 0.717) is 25.3 Å². The standard InChI is InChI=1S/C42H64F2N4O5/c43-37-19-15-17-35(39(37)49)41(51)45-25-11-7-3-1-5-9-13-27-47-29-21-33(22-30-47)53-34-23-31-48(32-24-34)28-14-10-6-2-4-8-12-26-46-42(52)36-18-16-20-38(44)40(36)50/h15-20,33-34,49-50H,1-14,21-32H2,(H,45,51)(H,46,52). The monoisotopic (exact) mass is 742 g/mol. The largest absolute Gasteiger partial charge is 0.504 e. The van der Waals surface area contributed by atoms with Gasteiger partial charge in [-0.2, -0.15) is 0 Å². The van der Waals surface area contributed by atoms with Gasteiger partial charge in [-0.1, -0.05) is 76.3 Å². The summed E-state index contributed by atoms with van der Waals surface area (Å²) >= 11 is 0. The number of aromatic hydroxyl groups is 2. The van der Waals surface area contributed by atoms with E-state index in [1.807, 2.05) is 0 Å². The average Bonchev–Trinajstić information content (AvgIpc) is 3.16. The topological polar surface area (TPSA) is 114 Å². The van der Waals surface area contributed by atoms with Crippen LogP contribution < -0.4 is 10.6 Å². The molecule has 53 heavy (non-hydrogen) atoms. The molecule has 2 saturated heterocycles. The van der Waals surface area contributed by atoms with Crippen molar-refractivity contribution in [2.24, 2.45) is 0 Å². The molecule has 2 amide bonds. The Morgan fingerprint density at radius 3 is 1.28 bits per heavy atom. The third-order valence-electron chi connectivity index (χ3n) is 10.8. The lowest BCUT2D eigenvalue weighted by molar-refractivity contribution is -0.0650. The molecule has 11 heteroatoms. The van der Waals surface area contributed by atoms with Crippen LogP contribution in [0, 0.1) is 11.6 Å². The highest BCUT2D eigenvalue weighted by molar-refractivity contribution is 5.97. The second-order valence-electron chi connectivity index (χ2n) is 15.0. The number of unbranched alkanes of at least 4 members (excludes halogenated alkanes) is 12. The Labute approximate surface area is 315 Å². The van der Waals surface area contributed by atoms with Crippen molar-refractivity contribution in [3.63, 3.8) is 0 Å². The first-order valence-corrected chi connectivity index (χ1v) is 20.4. The van der Waals surface area contributed by atoms with E-state index in [0.717, 1.165) is 103 Å². The van der Waals surface area contributed by atoms with Crippen LogP contribution >= 0.6 is 0 Å². The van der Waals surface area contributed by atoms with Gasteiger partial charge in [0.15, 0.2) is 23.1 Å². The number of carbonyl (C=O) groups excluding carboxylic acids is 2. The Balaban J connectivity index is 0.888. The van der Waals surface area contributed by atoms with Gasteiger partial charge in [-0.25, -0.2) is 8.78 Å². The number of benzene rings is 2. The molecule has 0 spiro atoms. The molecule has 0 atom stereocenters. The van der Waals surface area contributed by atoms with Crippen LogP contribution in [0.3, 0.4) is 0 Å². The fourth-order valence-corrected chi connectivity index (χ4v) is 7.49. The molecule has 2 fully saturated rings. The summed E-state index contributed by atoms with van der Waals surface area (Å²) in [5.74, 6) is -3.61. The highest BCUT2D eigenvalue weighted by Crippen LogP contribution is 2.23. The van der Waals surface area contributed by atoms with Crippen LogP contribution in [0.5, 0.6) is 11.5 Å². The number of amides is 2. The van der Waals surface area contributed by atoms with Crippen molar-refractivity contribution in [2.75, 3.05) is 52.4 Å². The lowest BCUT2D eigenvalue weighted by Crippen LogP contribution is -2.42. The molecular weight excluding hydrogens is 678 g/mol. The predicted octanol–water partition coefficient (Wildman–Crippen LogP) is 7.94. The Hall–Kier alpha value is -3.28. The fraction of sp³-hybridized carbons (Fsp3) is 0.667. The number of hydrogen-bond acceptors (Lipinski definition) is 7. The predicted molar refractivity (Wildman–Crippen MR) is 205 cm³/mol. The van der Waals surface area contributed by atoms with E-state index in [-0.39, 0.29) is 11.1 Å². The number of piperidine rings is 2. The first-order valence-electron chi connectivity index (χ1n) is 20.4. The minimum absolute atomic E-state index is 0.0176. The maximum atomic E-state index is 13.4. The number of ether oxygens (including phenoxy) is 1. The van der Waals surface area contributed by atoms with Crippen LogP contribution in [0.1, 0.15) is 136 Å². The van der Waals surface area contributed by atoms with Gasteiger partial charge in [0.1, 0.15) is 0 Å². The Morgan fingerprint density at radius 1 is 0.566 bits per heavy atom. The number of halogens is 2. The van der Waals surface area contributed by atoms with Crippen molar-refractivity contribution >= 4 is 11.8 Å². The van der Waals surface area contributed by atoms with Gasteiger partial charge in [-0.3, -0.25) is 9.59 Å². The zero-order valence-corrected chi connectivity index (χ0v) is 31.8. The maximum absolute atomic E-state index is 13.4. The van der Waals surface area contributed by atoms with Gasteiger partial charge in [-0.15, -0.1) is 0 Å². The first-order chi connectivity index (χ1) is 25.8. The number of likely N-dealkylation sites (tertiary alicyclic amines) is 2. The lowest BCUT2D eigenvalue weighted by atomic mass is 10.0. The van der Waals surface area contributed by atoms with Crippen LogP contribution in [0.2, 0.25) is 0 Å². The van der Waals surface area contributed by atoms with Crippen molar-refractivity contribution in [3.05, 3.63) is 59.2 Å². The van der Waals surface area contributed by atoms with E-state index in [1.165, 1.54) is 88.7 Å². The molecule has 0 unspecified atom stereocenters. The molecule has 4 N–H and O–H groups in total. The molecule has 0 aromatic heterocycles. The third kappa shape index (κ3) is 15.5. The SMILES string of the molecule is O=C(NCCCCCCCCCN1CCC(OC2CCN(CCCCCCCCCNC(=O)c3cccc(F)c3O)CC2)CC1)c1cccc(F)c1O. The molecule has 2 aliphatic rings. The Kier molecular flexibility index (Phi) is 19.4.